The van der Waals surface area contributed by atoms with Gasteiger partial charge in [0.25, 0.3) is 0 Å². The number of fused-ring (bicyclic) bond motifs is 1. The number of pyridine rings is 1. The largest absolute Gasteiger partial charge is 0.253 e. The molecule has 2 aliphatic carbocycles. The predicted molar refractivity (Wildman–Crippen MR) is 146 cm³/mol. The van der Waals surface area contributed by atoms with Gasteiger partial charge in [-0.25, -0.2) is 0 Å². The Labute approximate surface area is 205 Å². The second-order valence-corrected chi connectivity index (χ2v) is 10.5. The van der Waals surface area contributed by atoms with Crippen molar-refractivity contribution in [2.45, 2.75) is 71.1 Å². The van der Waals surface area contributed by atoms with Crippen molar-refractivity contribution in [1.82, 2.24) is 4.98 Å². The molecule has 0 unspecified atom stereocenters. The summed E-state index contributed by atoms with van der Waals surface area (Å²) in [4.78, 5) is 5.26. The van der Waals surface area contributed by atoms with Gasteiger partial charge in [-0.2, -0.15) is 0 Å². The van der Waals surface area contributed by atoms with Crippen molar-refractivity contribution in [2.24, 2.45) is 5.92 Å². The fourth-order valence-electron chi connectivity index (χ4n) is 5.52. The molecule has 5 rings (SSSR count). The second-order valence-electron chi connectivity index (χ2n) is 10.5. The van der Waals surface area contributed by atoms with Gasteiger partial charge in [0.05, 0.1) is 5.69 Å². The van der Waals surface area contributed by atoms with E-state index in [1.54, 1.807) is 0 Å². The highest BCUT2D eigenvalue weighted by Gasteiger charge is 2.20. The Morgan fingerprint density at radius 1 is 0.941 bits per heavy atom. The van der Waals surface area contributed by atoms with Crippen molar-refractivity contribution < 1.29 is 0 Å². The quantitative estimate of drug-likeness (QED) is 0.352. The minimum absolute atomic E-state index is 0.480. The highest BCUT2D eigenvalue weighted by atomic mass is 14.7. The number of aromatic nitrogens is 1. The Morgan fingerprint density at radius 3 is 2.47 bits per heavy atom. The lowest BCUT2D eigenvalue weighted by Gasteiger charge is -2.22. The third-order valence-corrected chi connectivity index (χ3v) is 7.75. The SMILES string of the molecule is C=C(c1ccc(CCc2cc(-c3cccc4c3C=CC4)nc(C3CCCCC3)c2)cc1)C(C)C. The molecule has 174 valence electrons. The Kier molecular flexibility index (Phi) is 6.81. The molecule has 0 atom stereocenters. The standard InChI is InChI=1S/C33H37N/c1-23(2)24(3)27-19-17-25(18-20-27)15-16-26-21-32(29-9-5-4-6-10-29)34-33(22-26)31-14-8-12-28-11-7-13-30(28)31/h7-8,12-14,17-23,29H,3-6,9-11,15-16H2,1-2H3. The molecule has 0 amide bonds. The molecule has 1 saturated carbocycles. The molecule has 0 radical (unpaired) electrons. The lowest BCUT2D eigenvalue weighted by molar-refractivity contribution is 0.436. The van der Waals surface area contributed by atoms with Gasteiger partial charge in [0.2, 0.25) is 0 Å². The van der Waals surface area contributed by atoms with Crippen molar-refractivity contribution >= 4 is 11.6 Å². The average molecular weight is 448 g/mol. The van der Waals surface area contributed by atoms with Crippen LogP contribution in [-0.4, -0.2) is 4.98 Å². The molecule has 1 nitrogen and oxygen atoms in total. The van der Waals surface area contributed by atoms with Crippen molar-refractivity contribution in [2.75, 3.05) is 0 Å². The number of benzene rings is 2. The Hall–Kier alpha value is -2.93. The van der Waals surface area contributed by atoms with Gasteiger partial charge >= 0.3 is 0 Å². The molecule has 0 spiro atoms. The van der Waals surface area contributed by atoms with E-state index in [1.807, 2.05) is 0 Å². The maximum atomic E-state index is 5.26. The maximum Gasteiger partial charge on any atom is 0.0714 e. The van der Waals surface area contributed by atoms with Gasteiger partial charge in [-0.05, 0) is 83.5 Å². The zero-order valence-electron chi connectivity index (χ0n) is 20.8. The first-order valence-corrected chi connectivity index (χ1v) is 13.2. The molecule has 2 aliphatic rings. The van der Waals surface area contributed by atoms with Gasteiger partial charge in [-0.3, -0.25) is 4.98 Å². The highest BCUT2D eigenvalue weighted by Crippen LogP contribution is 2.36. The van der Waals surface area contributed by atoms with E-state index >= 15 is 0 Å². The van der Waals surface area contributed by atoms with Crippen LogP contribution in [0.4, 0.5) is 0 Å². The first-order valence-electron chi connectivity index (χ1n) is 13.2. The number of hydrogen-bond acceptors (Lipinski definition) is 1. The van der Waals surface area contributed by atoms with Crippen LogP contribution in [0.1, 0.15) is 85.4 Å². The first-order chi connectivity index (χ1) is 16.6. The van der Waals surface area contributed by atoms with Crippen molar-refractivity contribution in [1.29, 1.82) is 0 Å². The van der Waals surface area contributed by atoms with Gasteiger partial charge in [-0.15, -0.1) is 0 Å². The Balaban J connectivity index is 1.42. The summed E-state index contributed by atoms with van der Waals surface area (Å²) in [6.45, 7) is 8.67. The van der Waals surface area contributed by atoms with E-state index in [1.165, 1.54) is 76.8 Å². The number of rotatable bonds is 7. The molecule has 0 N–H and O–H groups in total. The highest BCUT2D eigenvalue weighted by molar-refractivity contribution is 5.78. The Morgan fingerprint density at radius 2 is 1.71 bits per heavy atom. The monoisotopic (exact) mass is 447 g/mol. The van der Waals surface area contributed by atoms with E-state index in [0.717, 1.165) is 25.0 Å². The molecule has 0 saturated heterocycles. The molecular weight excluding hydrogens is 410 g/mol. The summed E-state index contributed by atoms with van der Waals surface area (Å²) < 4.78 is 0. The first kappa shape index (κ1) is 22.8. The van der Waals surface area contributed by atoms with Crippen LogP contribution in [0.2, 0.25) is 0 Å². The normalized spacial score (nSPS) is 15.6. The molecular formula is C33H37N. The fourth-order valence-corrected chi connectivity index (χ4v) is 5.52. The number of allylic oxidation sites excluding steroid dienone is 2. The average Bonchev–Trinajstić information content (AvgIpc) is 3.37. The van der Waals surface area contributed by atoms with Gasteiger partial charge in [0.15, 0.2) is 0 Å². The van der Waals surface area contributed by atoms with Crippen molar-refractivity contribution in [3.05, 3.63) is 101 Å². The molecule has 34 heavy (non-hydrogen) atoms. The smallest absolute Gasteiger partial charge is 0.0714 e. The molecule has 1 fully saturated rings. The summed E-state index contributed by atoms with van der Waals surface area (Å²) in [7, 11) is 0. The molecule has 1 heterocycles. The van der Waals surface area contributed by atoms with Gasteiger partial charge in [0.1, 0.15) is 0 Å². The summed E-state index contributed by atoms with van der Waals surface area (Å²) in [5.74, 6) is 1.09. The second kappa shape index (κ2) is 10.1. The predicted octanol–water partition coefficient (Wildman–Crippen LogP) is 8.82. The summed E-state index contributed by atoms with van der Waals surface area (Å²) >= 11 is 0. The van der Waals surface area contributed by atoms with Crippen molar-refractivity contribution in [3.63, 3.8) is 0 Å². The summed E-state index contributed by atoms with van der Waals surface area (Å²) in [6.07, 6.45) is 14.3. The minimum atomic E-state index is 0.480. The number of nitrogens with zero attached hydrogens (tertiary/aromatic N) is 1. The maximum absolute atomic E-state index is 5.26. The summed E-state index contributed by atoms with van der Waals surface area (Å²) in [5, 5.41) is 0. The lowest BCUT2D eigenvalue weighted by atomic mass is 9.85. The Bertz CT molecular complexity index is 1190. The fraction of sp³-hybridized carbons (Fsp3) is 0.364. The third kappa shape index (κ3) is 4.94. The van der Waals surface area contributed by atoms with Crippen LogP contribution in [0.3, 0.4) is 0 Å². The minimum Gasteiger partial charge on any atom is -0.253 e. The zero-order valence-corrected chi connectivity index (χ0v) is 20.8. The van der Waals surface area contributed by atoms with E-state index in [2.05, 4.69) is 87.2 Å². The summed E-state index contributed by atoms with van der Waals surface area (Å²) in [6, 6.07) is 20.5. The van der Waals surface area contributed by atoms with Gasteiger partial charge < -0.3 is 0 Å². The number of hydrogen-bond donors (Lipinski definition) is 0. The summed E-state index contributed by atoms with van der Waals surface area (Å²) in [5.41, 5.74) is 11.8. The van der Waals surface area contributed by atoms with E-state index in [-0.39, 0.29) is 0 Å². The van der Waals surface area contributed by atoms with Gasteiger partial charge in [-0.1, -0.05) is 94.3 Å². The topological polar surface area (TPSA) is 12.9 Å². The zero-order chi connectivity index (χ0) is 23.5. The van der Waals surface area contributed by atoms with Crippen LogP contribution in [0.5, 0.6) is 0 Å². The number of aryl methyl sites for hydroxylation is 2. The van der Waals surface area contributed by atoms with E-state index in [4.69, 9.17) is 4.98 Å². The van der Waals surface area contributed by atoms with Crippen LogP contribution >= 0.6 is 0 Å². The molecule has 3 aromatic rings. The van der Waals surface area contributed by atoms with Crippen molar-refractivity contribution in [3.8, 4) is 11.3 Å². The molecule has 1 aromatic heterocycles. The molecule has 0 bridgehead atoms. The van der Waals surface area contributed by atoms with Crippen LogP contribution in [0.15, 0.2) is 67.3 Å². The third-order valence-electron chi connectivity index (χ3n) is 7.75. The van der Waals surface area contributed by atoms with Gasteiger partial charge in [0, 0.05) is 17.2 Å². The lowest BCUT2D eigenvalue weighted by Crippen LogP contribution is -2.08. The van der Waals surface area contributed by atoms with Crippen LogP contribution in [0, 0.1) is 5.92 Å². The van der Waals surface area contributed by atoms with Crippen LogP contribution in [-0.2, 0) is 19.3 Å². The molecule has 1 heteroatoms. The van der Waals surface area contributed by atoms with E-state index in [9.17, 15) is 0 Å². The van der Waals surface area contributed by atoms with E-state index in [0.29, 0.717) is 11.8 Å². The van der Waals surface area contributed by atoms with Crippen LogP contribution < -0.4 is 0 Å². The van der Waals surface area contributed by atoms with Crippen LogP contribution in [0.25, 0.3) is 22.9 Å². The molecule has 2 aromatic carbocycles. The van der Waals surface area contributed by atoms with E-state index < -0.39 is 0 Å². The molecule has 0 aliphatic heterocycles.